The lowest BCUT2D eigenvalue weighted by Gasteiger charge is -2.14. The second-order valence-corrected chi connectivity index (χ2v) is 5.96. The summed E-state index contributed by atoms with van der Waals surface area (Å²) in [4.78, 5) is 24.7. The molecule has 3 rings (SSSR count). The monoisotopic (exact) mass is 331 g/mol. The minimum atomic E-state index is -1.05. The van der Waals surface area contributed by atoms with Gasteiger partial charge in [0.2, 0.25) is 11.8 Å². The lowest BCUT2D eigenvalue weighted by Crippen LogP contribution is -2.40. The van der Waals surface area contributed by atoms with Gasteiger partial charge in [-0.2, -0.15) is 0 Å². The molecule has 1 aliphatic rings. The number of carbonyl (C=O) groups is 2. The molecule has 24 heavy (non-hydrogen) atoms. The predicted molar refractivity (Wildman–Crippen MR) is 84.7 cm³/mol. The lowest BCUT2D eigenvalue weighted by atomic mass is 10.0. The van der Waals surface area contributed by atoms with Crippen LogP contribution in [0.15, 0.2) is 34.9 Å². The highest BCUT2D eigenvalue weighted by Crippen LogP contribution is 2.46. The lowest BCUT2D eigenvalue weighted by molar-refractivity contribution is -0.134. The van der Waals surface area contributed by atoms with Crippen LogP contribution in [-0.2, 0) is 16.0 Å². The first-order chi connectivity index (χ1) is 11.5. The number of benzene rings is 1. The zero-order valence-electron chi connectivity index (χ0n) is 13.3. The quantitative estimate of drug-likeness (QED) is 0.795. The van der Waals surface area contributed by atoms with E-state index in [1.807, 2.05) is 0 Å². The van der Waals surface area contributed by atoms with Crippen LogP contribution in [0, 0.1) is 18.2 Å². The fraction of sp³-hybridized carbons (Fsp3) is 0.353. The third kappa shape index (κ3) is 3.29. The molecular formula is C17H18FN3O3. The Morgan fingerprint density at radius 2 is 2.04 bits per heavy atom. The number of hydrogen-bond acceptors (Lipinski definition) is 4. The van der Waals surface area contributed by atoms with Gasteiger partial charge in [0.25, 0.3) is 0 Å². The van der Waals surface area contributed by atoms with Gasteiger partial charge in [-0.3, -0.25) is 9.59 Å². The van der Waals surface area contributed by atoms with E-state index in [9.17, 15) is 14.0 Å². The molecule has 1 heterocycles. The van der Waals surface area contributed by atoms with Gasteiger partial charge in [0.05, 0.1) is 0 Å². The van der Waals surface area contributed by atoms with Crippen molar-refractivity contribution in [3.8, 4) is 0 Å². The van der Waals surface area contributed by atoms with Gasteiger partial charge in [-0.05, 0) is 37.8 Å². The molecule has 2 aromatic rings. The van der Waals surface area contributed by atoms with Crippen molar-refractivity contribution < 1.29 is 18.5 Å². The summed E-state index contributed by atoms with van der Waals surface area (Å²) in [6.07, 6.45) is 1.35. The molecule has 0 atom stereocenters. The van der Waals surface area contributed by atoms with Crippen molar-refractivity contribution >= 4 is 17.6 Å². The van der Waals surface area contributed by atoms with Crippen LogP contribution >= 0.6 is 0 Å². The largest absolute Gasteiger partial charge is 0.360 e. The average Bonchev–Trinajstić information content (AvgIpc) is 3.28. The normalized spacial score (nSPS) is 14.9. The number of aromatic nitrogens is 1. The highest BCUT2D eigenvalue weighted by Gasteiger charge is 2.56. The fourth-order valence-electron chi connectivity index (χ4n) is 2.52. The highest BCUT2D eigenvalue weighted by molar-refractivity contribution is 6.12. The SMILES string of the molecule is Cc1cc(NC(=O)C2(C(=O)NCCc3ccccc3F)CC2)no1. The van der Waals surface area contributed by atoms with Gasteiger partial charge >= 0.3 is 0 Å². The molecule has 1 aromatic carbocycles. The summed E-state index contributed by atoms with van der Waals surface area (Å²) < 4.78 is 18.4. The Morgan fingerprint density at radius 1 is 1.29 bits per heavy atom. The molecule has 0 spiro atoms. The summed E-state index contributed by atoms with van der Waals surface area (Å²) in [6.45, 7) is 1.99. The van der Waals surface area contributed by atoms with Crippen LogP contribution in [0.1, 0.15) is 24.2 Å². The first-order valence-corrected chi connectivity index (χ1v) is 7.78. The van der Waals surface area contributed by atoms with Crippen molar-refractivity contribution in [2.75, 3.05) is 11.9 Å². The minimum absolute atomic E-state index is 0.276. The van der Waals surface area contributed by atoms with Gasteiger partial charge in [-0.15, -0.1) is 0 Å². The Labute approximate surface area is 138 Å². The molecule has 7 heteroatoms. The molecular weight excluding hydrogens is 313 g/mol. The van der Waals surface area contributed by atoms with Crippen LogP contribution in [-0.4, -0.2) is 23.5 Å². The maximum Gasteiger partial charge on any atom is 0.241 e. The third-order valence-corrected chi connectivity index (χ3v) is 4.13. The zero-order chi connectivity index (χ0) is 17.2. The second-order valence-electron chi connectivity index (χ2n) is 5.96. The van der Waals surface area contributed by atoms with Crippen LogP contribution in [0.4, 0.5) is 10.2 Å². The Morgan fingerprint density at radius 3 is 2.67 bits per heavy atom. The van der Waals surface area contributed by atoms with Gasteiger partial charge in [0, 0.05) is 12.6 Å². The van der Waals surface area contributed by atoms with Gasteiger partial charge in [0.15, 0.2) is 5.82 Å². The minimum Gasteiger partial charge on any atom is -0.360 e. The molecule has 1 saturated carbocycles. The van der Waals surface area contributed by atoms with E-state index in [0.29, 0.717) is 36.4 Å². The zero-order valence-corrected chi connectivity index (χ0v) is 13.3. The Bertz CT molecular complexity index is 768. The van der Waals surface area contributed by atoms with E-state index in [1.54, 1.807) is 31.2 Å². The number of nitrogens with one attached hydrogen (secondary N) is 2. The van der Waals surface area contributed by atoms with Crippen molar-refractivity contribution in [2.24, 2.45) is 5.41 Å². The topological polar surface area (TPSA) is 84.2 Å². The molecule has 6 nitrogen and oxygen atoms in total. The van der Waals surface area contributed by atoms with E-state index in [4.69, 9.17) is 4.52 Å². The number of anilines is 1. The number of amides is 2. The van der Waals surface area contributed by atoms with Crippen LogP contribution in [0.3, 0.4) is 0 Å². The van der Waals surface area contributed by atoms with Gasteiger partial charge in [-0.1, -0.05) is 23.4 Å². The Hall–Kier alpha value is -2.70. The van der Waals surface area contributed by atoms with E-state index in [-0.39, 0.29) is 24.2 Å². The number of nitrogens with zero attached hydrogens (tertiary/aromatic N) is 1. The molecule has 0 aliphatic heterocycles. The summed E-state index contributed by atoms with van der Waals surface area (Å²) in [6, 6.07) is 8.01. The number of hydrogen-bond donors (Lipinski definition) is 2. The Kier molecular flexibility index (Phi) is 4.33. The number of halogens is 1. The second kappa shape index (κ2) is 6.43. The van der Waals surface area contributed by atoms with E-state index in [0.717, 1.165) is 0 Å². The van der Waals surface area contributed by atoms with Gasteiger partial charge < -0.3 is 15.2 Å². The van der Waals surface area contributed by atoms with Crippen LogP contribution < -0.4 is 10.6 Å². The van der Waals surface area contributed by atoms with E-state index in [2.05, 4.69) is 15.8 Å². The van der Waals surface area contributed by atoms with Crippen molar-refractivity contribution in [3.05, 3.63) is 47.5 Å². The van der Waals surface area contributed by atoms with E-state index in [1.165, 1.54) is 6.07 Å². The van der Waals surface area contributed by atoms with Gasteiger partial charge in [0.1, 0.15) is 17.0 Å². The molecule has 0 unspecified atom stereocenters. The first kappa shape index (κ1) is 16.2. The molecule has 2 amide bonds. The van der Waals surface area contributed by atoms with Crippen LogP contribution in [0.5, 0.6) is 0 Å². The predicted octanol–water partition coefficient (Wildman–Crippen LogP) is 2.20. The number of aryl methyl sites for hydroxylation is 1. The summed E-state index contributed by atoms with van der Waals surface area (Å²) in [5.41, 5.74) is -0.521. The molecule has 0 radical (unpaired) electrons. The molecule has 0 saturated heterocycles. The molecule has 0 bridgehead atoms. The van der Waals surface area contributed by atoms with E-state index >= 15 is 0 Å². The summed E-state index contributed by atoms with van der Waals surface area (Å²) in [7, 11) is 0. The standard InChI is InChI=1S/C17H18FN3O3/c1-11-10-14(21-24-11)20-16(23)17(7-8-17)15(22)19-9-6-12-4-2-3-5-13(12)18/h2-5,10H,6-9H2,1H3,(H,19,22)(H,20,21,23). The van der Waals surface area contributed by atoms with Crippen LogP contribution in [0.25, 0.3) is 0 Å². The fourth-order valence-corrected chi connectivity index (χ4v) is 2.52. The van der Waals surface area contributed by atoms with Crippen molar-refractivity contribution in [3.63, 3.8) is 0 Å². The molecule has 1 aliphatic carbocycles. The number of rotatable bonds is 6. The maximum absolute atomic E-state index is 13.5. The molecule has 2 N–H and O–H groups in total. The highest BCUT2D eigenvalue weighted by atomic mass is 19.1. The molecule has 1 fully saturated rings. The van der Waals surface area contributed by atoms with Gasteiger partial charge in [-0.25, -0.2) is 4.39 Å². The average molecular weight is 331 g/mol. The van der Waals surface area contributed by atoms with E-state index < -0.39 is 5.41 Å². The smallest absolute Gasteiger partial charge is 0.241 e. The first-order valence-electron chi connectivity index (χ1n) is 7.78. The van der Waals surface area contributed by atoms with Crippen LogP contribution in [0.2, 0.25) is 0 Å². The molecule has 1 aromatic heterocycles. The summed E-state index contributed by atoms with van der Waals surface area (Å²) in [5, 5.41) is 9.01. The number of carbonyl (C=O) groups excluding carboxylic acids is 2. The van der Waals surface area contributed by atoms with Crippen molar-refractivity contribution in [1.29, 1.82) is 0 Å². The molecule has 126 valence electrons. The van der Waals surface area contributed by atoms with Crippen molar-refractivity contribution in [2.45, 2.75) is 26.2 Å². The summed E-state index contributed by atoms with van der Waals surface area (Å²) >= 11 is 0. The third-order valence-electron chi connectivity index (χ3n) is 4.13. The summed E-state index contributed by atoms with van der Waals surface area (Å²) in [5.74, 6) is -0.157. The Balaban J connectivity index is 1.54. The van der Waals surface area contributed by atoms with Crippen molar-refractivity contribution in [1.82, 2.24) is 10.5 Å². The maximum atomic E-state index is 13.5.